The Morgan fingerprint density at radius 2 is 1.04 bits per heavy atom. The van der Waals surface area contributed by atoms with Crippen LogP contribution >= 0.6 is 0 Å². The Labute approximate surface area is 157 Å². The van der Waals surface area contributed by atoms with Crippen molar-refractivity contribution in [1.29, 1.82) is 0 Å². The minimum atomic E-state index is -1.24. The predicted octanol–water partition coefficient (Wildman–Crippen LogP) is -1.89. The van der Waals surface area contributed by atoms with E-state index >= 15 is 0 Å². The summed E-state index contributed by atoms with van der Waals surface area (Å²) in [5, 5.41) is -0.750. The molecule has 0 saturated carbocycles. The second kappa shape index (κ2) is 9.96. The molecule has 0 radical (unpaired) electrons. The van der Waals surface area contributed by atoms with Gasteiger partial charge in [-0.1, -0.05) is 0 Å². The van der Waals surface area contributed by atoms with E-state index in [0.29, 0.717) is 14.7 Å². The highest BCUT2D eigenvalue weighted by atomic mass is 32.1. The maximum Gasteiger partial charge on any atom is 0.240 e. The van der Waals surface area contributed by atoms with Crippen molar-refractivity contribution < 1.29 is 40.8 Å². The fourth-order valence-corrected chi connectivity index (χ4v) is 2.90. The molecule has 2 rings (SSSR count). The molecule has 0 N–H and O–H groups in total. The fourth-order valence-electron chi connectivity index (χ4n) is 1.96. The fraction of sp³-hybridized carbons (Fsp3) is 0.500. The third-order valence-corrected chi connectivity index (χ3v) is 4.60. The van der Waals surface area contributed by atoms with E-state index in [1.54, 1.807) is 0 Å². The van der Waals surface area contributed by atoms with E-state index < -0.39 is 55.6 Å². The highest BCUT2D eigenvalue weighted by molar-refractivity contribution is 7.66. The molecule has 10 nitrogen and oxygen atoms in total. The Morgan fingerprint density at radius 3 is 1.37 bits per heavy atom. The van der Waals surface area contributed by atoms with Crippen LogP contribution in [0.2, 0.25) is 0 Å². The second-order valence-corrected chi connectivity index (χ2v) is 5.93. The maximum atomic E-state index is 12.3. The van der Waals surface area contributed by atoms with Gasteiger partial charge in [0.1, 0.15) is 35.4 Å². The van der Waals surface area contributed by atoms with E-state index in [0.717, 1.165) is 4.90 Å². The molecule has 0 unspecified atom stereocenters. The molecule has 2 heterocycles. The number of alkyl halides is 3. The van der Waals surface area contributed by atoms with E-state index in [9.17, 15) is 40.8 Å². The monoisotopic (exact) mass is 430 g/mol. The Balaban J connectivity index is 0.000000271. The molecule has 0 aromatic rings. The number of amides is 4. The highest BCUT2D eigenvalue weighted by Gasteiger charge is 2.36. The van der Waals surface area contributed by atoms with Gasteiger partial charge < -0.3 is 0 Å². The lowest BCUT2D eigenvalue weighted by molar-refractivity contribution is -0.143. The first-order chi connectivity index (χ1) is 12.8. The highest BCUT2D eigenvalue weighted by Crippen LogP contribution is 2.11. The van der Waals surface area contributed by atoms with Crippen LogP contribution < -0.4 is 0 Å². The van der Waals surface area contributed by atoms with Gasteiger partial charge in [0.15, 0.2) is 20.4 Å². The molecule has 0 bridgehead atoms. The molecule has 4 amide bonds. The number of carbonyl (C=O) groups is 4. The minimum Gasteiger partial charge on any atom is -0.290 e. The molecule has 2 aliphatic heterocycles. The zero-order valence-corrected chi connectivity index (χ0v) is 15.4. The van der Waals surface area contributed by atoms with Crippen LogP contribution in [0.4, 0.5) is 13.2 Å². The summed E-state index contributed by atoms with van der Waals surface area (Å²) >= 11 is -0.354. The second-order valence-electron chi connectivity index (χ2n) is 4.86. The number of carbonyl (C=O) groups excluding carboxylic acids is 4. The number of hydrogen-bond donors (Lipinski definition) is 0. The standard InChI is InChI=1S/C6H6F2N2O3S.C6H7FN2O3S/c7-2-9-4(11)1-5(12)10(3-8)6(9)14-13;1-8-4(10)2-5(11)9(3-7)6(8)13-12/h1-3H2;2-3H2,1H3. The predicted molar refractivity (Wildman–Crippen MR) is 86.8 cm³/mol. The Bertz CT molecular complexity index is 744. The summed E-state index contributed by atoms with van der Waals surface area (Å²) in [6.07, 6.45) is -0.998. The minimum absolute atomic E-state index is 0.0691. The van der Waals surface area contributed by atoms with Crippen LogP contribution in [0.15, 0.2) is 0 Å². The molecule has 0 aliphatic carbocycles. The number of rotatable bonds is 3. The van der Waals surface area contributed by atoms with E-state index in [-0.39, 0.29) is 34.0 Å². The third-order valence-electron chi connectivity index (χ3n) is 3.37. The van der Waals surface area contributed by atoms with Crippen molar-refractivity contribution in [3.8, 4) is 0 Å². The largest absolute Gasteiger partial charge is 0.290 e. The van der Waals surface area contributed by atoms with Crippen LogP contribution in [0.3, 0.4) is 0 Å². The number of nitrogens with zero attached hydrogens (tertiary/aromatic N) is 4. The summed E-state index contributed by atoms with van der Waals surface area (Å²) in [6, 6.07) is 0. The molecule has 0 aromatic heterocycles. The van der Waals surface area contributed by atoms with Crippen molar-refractivity contribution in [3.05, 3.63) is 0 Å². The topological polar surface area (TPSA) is 115 Å². The van der Waals surface area contributed by atoms with Crippen molar-refractivity contribution in [3.63, 3.8) is 0 Å². The normalized spacial score (nSPS) is 17.9. The van der Waals surface area contributed by atoms with Crippen molar-refractivity contribution in [2.24, 2.45) is 0 Å². The zero-order valence-electron chi connectivity index (χ0n) is 13.7. The molecule has 2 saturated heterocycles. The molecule has 150 valence electrons. The molecule has 0 atom stereocenters. The molecule has 27 heavy (non-hydrogen) atoms. The molecular formula is C12H13F3N4O6S2. The lowest BCUT2D eigenvalue weighted by Crippen LogP contribution is -2.55. The van der Waals surface area contributed by atoms with Crippen LogP contribution in [0.5, 0.6) is 0 Å². The molecule has 15 heteroatoms. The van der Waals surface area contributed by atoms with E-state index in [1.165, 1.54) is 7.05 Å². The number of halogens is 3. The Morgan fingerprint density at radius 1 is 0.704 bits per heavy atom. The first-order valence-electron chi connectivity index (χ1n) is 6.96. The van der Waals surface area contributed by atoms with Gasteiger partial charge in [-0.15, -0.1) is 0 Å². The van der Waals surface area contributed by atoms with E-state index in [4.69, 9.17) is 0 Å². The van der Waals surface area contributed by atoms with Gasteiger partial charge in [0.05, 0.1) is 0 Å². The van der Waals surface area contributed by atoms with Gasteiger partial charge in [-0.25, -0.2) is 21.6 Å². The first-order valence-corrected chi connectivity index (χ1v) is 8.44. The summed E-state index contributed by atoms with van der Waals surface area (Å²) in [5.74, 6) is -2.84. The molecule has 2 aliphatic rings. The quantitative estimate of drug-likeness (QED) is 0.294. The van der Waals surface area contributed by atoms with Gasteiger partial charge in [-0.3, -0.25) is 38.8 Å². The van der Waals surface area contributed by atoms with Crippen molar-refractivity contribution >= 4 is 56.4 Å². The van der Waals surface area contributed by atoms with Crippen LogP contribution in [0.25, 0.3) is 0 Å². The SMILES string of the molecule is CN1C(=O)CC(=O)N(CF)C1=S=O.O=S=C1N(CF)C(=O)CC(=O)N1CF. The first kappa shape index (κ1) is 22.5. The van der Waals surface area contributed by atoms with Crippen LogP contribution in [-0.2, 0) is 41.7 Å². The molecule has 0 aromatic carbocycles. The van der Waals surface area contributed by atoms with E-state index in [2.05, 4.69) is 0 Å². The van der Waals surface area contributed by atoms with E-state index in [1.807, 2.05) is 0 Å². The maximum absolute atomic E-state index is 12.3. The summed E-state index contributed by atoms with van der Waals surface area (Å²) in [5.41, 5.74) is 0. The molecule has 2 fully saturated rings. The lowest BCUT2D eigenvalue weighted by Gasteiger charge is -2.31. The van der Waals surface area contributed by atoms with Gasteiger partial charge in [0, 0.05) is 7.05 Å². The average Bonchev–Trinajstić information content (AvgIpc) is 2.64. The van der Waals surface area contributed by atoms with Gasteiger partial charge in [-0.2, -0.15) is 0 Å². The summed E-state index contributed by atoms with van der Waals surface area (Å²) in [4.78, 5) is 46.6. The van der Waals surface area contributed by atoms with Gasteiger partial charge >= 0.3 is 0 Å². The summed E-state index contributed by atoms with van der Waals surface area (Å²) in [6.45, 7) is -3.57. The van der Waals surface area contributed by atoms with Crippen LogP contribution in [0.1, 0.15) is 12.8 Å². The summed E-state index contributed by atoms with van der Waals surface area (Å²) in [7, 11) is 1.33. The molecular weight excluding hydrogens is 417 g/mol. The van der Waals surface area contributed by atoms with Crippen LogP contribution in [-0.4, -0.2) is 89.3 Å². The molecule has 0 spiro atoms. The zero-order chi connectivity index (χ0) is 20.7. The van der Waals surface area contributed by atoms with Crippen molar-refractivity contribution in [2.45, 2.75) is 12.8 Å². The van der Waals surface area contributed by atoms with Gasteiger partial charge in [0.25, 0.3) is 0 Å². The van der Waals surface area contributed by atoms with Crippen LogP contribution in [0, 0.1) is 0 Å². The van der Waals surface area contributed by atoms with Gasteiger partial charge in [-0.05, 0) is 0 Å². The Kier molecular flexibility index (Phi) is 8.30. The van der Waals surface area contributed by atoms with Crippen molar-refractivity contribution in [1.82, 2.24) is 19.6 Å². The summed E-state index contributed by atoms with van der Waals surface area (Å²) < 4.78 is 57.8. The van der Waals surface area contributed by atoms with Crippen molar-refractivity contribution in [2.75, 3.05) is 27.4 Å². The van der Waals surface area contributed by atoms with Gasteiger partial charge in [0.2, 0.25) is 33.9 Å². The average molecular weight is 430 g/mol. The number of hydrogen-bond acceptors (Lipinski definition) is 6. The smallest absolute Gasteiger partial charge is 0.240 e. The third kappa shape index (κ3) is 4.79. The Hall–Kier alpha value is -2.55. The lowest BCUT2D eigenvalue weighted by atomic mass is 10.3.